The Morgan fingerprint density at radius 2 is 2.10 bits per heavy atom. The van der Waals surface area contributed by atoms with Crippen molar-refractivity contribution in [3.05, 3.63) is 33.8 Å². The number of rotatable bonds is 2. The highest BCUT2D eigenvalue weighted by Gasteiger charge is 2.28. The average molecular weight is 339 g/mol. The van der Waals surface area contributed by atoms with Crippen molar-refractivity contribution in [2.24, 2.45) is 5.92 Å². The lowest BCUT2D eigenvalue weighted by molar-refractivity contribution is -0.125. The van der Waals surface area contributed by atoms with Gasteiger partial charge in [-0.3, -0.25) is 9.59 Å². The second-order valence-corrected chi connectivity index (χ2v) is 6.14. The van der Waals surface area contributed by atoms with Gasteiger partial charge in [-0.05, 0) is 43.5 Å². The molecule has 4 nitrogen and oxygen atoms in total. The van der Waals surface area contributed by atoms with Crippen LogP contribution >= 0.6 is 15.9 Å². The van der Waals surface area contributed by atoms with Crippen LogP contribution in [0.2, 0.25) is 0 Å². The zero-order valence-corrected chi connectivity index (χ0v) is 13.4. The Bertz CT molecular complexity index is 510. The number of carbonyl (C=O) groups is 2. The number of amides is 2. The van der Waals surface area contributed by atoms with Gasteiger partial charge in [-0.1, -0.05) is 15.9 Å². The molecule has 0 radical (unpaired) electrons. The first-order valence-corrected chi connectivity index (χ1v) is 7.58. The van der Waals surface area contributed by atoms with Crippen LogP contribution in [0.3, 0.4) is 0 Å². The minimum atomic E-state index is -0.0917. The van der Waals surface area contributed by atoms with Crippen LogP contribution in [0.15, 0.2) is 22.7 Å². The minimum absolute atomic E-state index is 0.00278. The number of nitrogens with zero attached hydrogens (tertiary/aromatic N) is 1. The molecule has 1 atom stereocenters. The average Bonchev–Trinajstić information content (AvgIpc) is 2.44. The zero-order valence-electron chi connectivity index (χ0n) is 11.8. The van der Waals surface area contributed by atoms with E-state index in [9.17, 15) is 9.59 Å². The second-order valence-electron chi connectivity index (χ2n) is 5.22. The molecule has 0 aliphatic carbocycles. The molecule has 108 valence electrons. The van der Waals surface area contributed by atoms with Crippen molar-refractivity contribution in [3.63, 3.8) is 0 Å². The van der Waals surface area contributed by atoms with Crippen molar-refractivity contribution < 1.29 is 9.59 Å². The summed E-state index contributed by atoms with van der Waals surface area (Å²) in [5, 5.41) is 2.67. The molecule has 1 heterocycles. The molecule has 1 aromatic rings. The van der Waals surface area contributed by atoms with E-state index in [1.807, 2.05) is 25.1 Å². The fourth-order valence-corrected chi connectivity index (χ4v) is 3.23. The zero-order chi connectivity index (χ0) is 14.7. The highest BCUT2D eigenvalue weighted by molar-refractivity contribution is 9.10. The van der Waals surface area contributed by atoms with Crippen molar-refractivity contribution in [2.45, 2.75) is 19.8 Å². The van der Waals surface area contributed by atoms with E-state index in [1.165, 1.54) is 0 Å². The van der Waals surface area contributed by atoms with Crippen molar-refractivity contribution >= 4 is 27.7 Å². The molecule has 0 saturated carbocycles. The Morgan fingerprint density at radius 3 is 2.75 bits per heavy atom. The summed E-state index contributed by atoms with van der Waals surface area (Å²) >= 11 is 3.42. The van der Waals surface area contributed by atoms with Gasteiger partial charge in [-0.2, -0.15) is 0 Å². The fraction of sp³-hybridized carbons (Fsp3) is 0.467. The van der Waals surface area contributed by atoms with Gasteiger partial charge in [-0.25, -0.2) is 0 Å². The maximum absolute atomic E-state index is 12.5. The number of carbonyl (C=O) groups excluding carboxylic acids is 2. The van der Waals surface area contributed by atoms with Gasteiger partial charge >= 0.3 is 0 Å². The monoisotopic (exact) mass is 338 g/mol. The number of nitrogens with one attached hydrogen (secondary N) is 1. The van der Waals surface area contributed by atoms with Gasteiger partial charge in [0, 0.05) is 30.2 Å². The Morgan fingerprint density at radius 1 is 1.35 bits per heavy atom. The summed E-state index contributed by atoms with van der Waals surface area (Å²) in [6, 6.07) is 5.69. The van der Waals surface area contributed by atoms with Gasteiger partial charge in [0.2, 0.25) is 5.91 Å². The molecule has 1 aromatic carbocycles. The number of likely N-dealkylation sites (tertiary alicyclic amines) is 1. The molecule has 5 heteroatoms. The predicted molar refractivity (Wildman–Crippen MR) is 81.6 cm³/mol. The van der Waals surface area contributed by atoms with Crippen LogP contribution < -0.4 is 5.32 Å². The summed E-state index contributed by atoms with van der Waals surface area (Å²) in [5.74, 6) is -0.0677. The summed E-state index contributed by atoms with van der Waals surface area (Å²) in [6.07, 6.45) is 1.72. The van der Waals surface area contributed by atoms with Crippen LogP contribution in [0.25, 0.3) is 0 Å². The van der Waals surface area contributed by atoms with E-state index in [0.717, 1.165) is 29.4 Å². The van der Waals surface area contributed by atoms with E-state index in [4.69, 9.17) is 0 Å². The number of aryl methyl sites for hydroxylation is 1. The number of benzene rings is 1. The molecule has 1 fully saturated rings. The quantitative estimate of drug-likeness (QED) is 0.899. The smallest absolute Gasteiger partial charge is 0.253 e. The topological polar surface area (TPSA) is 49.4 Å². The first kappa shape index (κ1) is 15.0. The third-order valence-corrected chi connectivity index (χ3v) is 4.07. The maximum Gasteiger partial charge on any atom is 0.253 e. The minimum Gasteiger partial charge on any atom is -0.359 e. The van der Waals surface area contributed by atoms with E-state index in [0.29, 0.717) is 12.1 Å². The van der Waals surface area contributed by atoms with Crippen LogP contribution in [0, 0.1) is 12.8 Å². The fourth-order valence-electron chi connectivity index (χ4n) is 2.62. The molecule has 0 bridgehead atoms. The van der Waals surface area contributed by atoms with Crippen molar-refractivity contribution in [1.82, 2.24) is 10.2 Å². The van der Waals surface area contributed by atoms with E-state index < -0.39 is 0 Å². The Hall–Kier alpha value is -1.36. The van der Waals surface area contributed by atoms with E-state index in [-0.39, 0.29) is 17.7 Å². The van der Waals surface area contributed by atoms with Gasteiger partial charge in [0.25, 0.3) is 5.91 Å². The van der Waals surface area contributed by atoms with Gasteiger partial charge < -0.3 is 10.2 Å². The molecule has 1 unspecified atom stereocenters. The van der Waals surface area contributed by atoms with Crippen LogP contribution in [-0.2, 0) is 4.79 Å². The van der Waals surface area contributed by atoms with Crippen LogP contribution in [0.5, 0.6) is 0 Å². The van der Waals surface area contributed by atoms with Crippen LogP contribution in [0.4, 0.5) is 0 Å². The third kappa shape index (κ3) is 3.39. The summed E-state index contributed by atoms with van der Waals surface area (Å²) in [7, 11) is 1.64. The molecule has 2 rings (SSSR count). The number of hydrogen-bond donors (Lipinski definition) is 1. The first-order valence-electron chi connectivity index (χ1n) is 6.79. The molecule has 20 heavy (non-hydrogen) atoms. The largest absolute Gasteiger partial charge is 0.359 e. The predicted octanol–water partition coefficient (Wildman–Crippen LogP) is 2.36. The standard InChI is InChI=1S/C15H19BrN2O2/c1-10-6-12(8-13(16)7-10)15(20)18-5-3-4-11(9-18)14(19)17-2/h6-8,11H,3-5,9H2,1-2H3,(H,17,19). The van der Waals surface area contributed by atoms with E-state index >= 15 is 0 Å². The molecule has 1 aliphatic rings. The molecule has 0 spiro atoms. The van der Waals surface area contributed by atoms with Gasteiger partial charge in [-0.15, -0.1) is 0 Å². The van der Waals surface area contributed by atoms with E-state index in [1.54, 1.807) is 11.9 Å². The highest BCUT2D eigenvalue weighted by atomic mass is 79.9. The number of halogens is 1. The SMILES string of the molecule is CNC(=O)C1CCCN(C(=O)c2cc(C)cc(Br)c2)C1. The van der Waals surface area contributed by atoms with Crippen molar-refractivity contribution in [2.75, 3.05) is 20.1 Å². The molecule has 2 amide bonds. The van der Waals surface area contributed by atoms with Gasteiger partial charge in [0.1, 0.15) is 0 Å². The molecule has 1 N–H and O–H groups in total. The Kier molecular flexibility index (Phi) is 4.81. The normalized spacial score (nSPS) is 18.8. The number of hydrogen-bond acceptors (Lipinski definition) is 2. The molecular formula is C15H19BrN2O2. The lowest BCUT2D eigenvalue weighted by Gasteiger charge is -2.32. The van der Waals surface area contributed by atoms with Gasteiger partial charge in [0.15, 0.2) is 0 Å². The number of piperidine rings is 1. The first-order chi connectivity index (χ1) is 9.51. The van der Waals surface area contributed by atoms with Gasteiger partial charge in [0.05, 0.1) is 5.92 Å². The third-order valence-electron chi connectivity index (χ3n) is 3.61. The van der Waals surface area contributed by atoms with E-state index in [2.05, 4.69) is 21.2 Å². The second kappa shape index (κ2) is 6.39. The van der Waals surface area contributed by atoms with Crippen LogP contribution in [0.1, 0.15) is 28.8 Å². The Labute approximate surface area is 127 Å². The van der Waals surface area contributed by atoms with Crippen molar-refractivity contribution in [1.29, 1.82) is 0 Å². The summed E-state index contributed by atoms with van der Waals surface area (Å²) in [6.45, 7) is 3.19. The lowest BCUT2D eigenvalue weighted by atomic mass is 9.96. The highest BCUT2D eigenvalue weighted by Crippen LogP contribution is 2.21. The molecular weight excluding hydrogens is 320 g/mol. The lowest BCUT2D eigenvalue weighted by Crippen LogP contribution is -2.44. The summed E-state index contributed by atoms with van der Waals surface area (Å²) in [5.41, 5.74) is 1.72. The molecule has 0 aromatic heterocycles. The molecule has 1 aliphatic heterocycles. The molecule has 1 saturated heterocycles. The Balaban J connectivity index is 2.14. The maximum atomic E-state index is 12.5. The van der Waals surface area contributed by atoms with Crippen LogP contribution in [-0.4, -0.2) is 36.9 Å². The summed E-state index contributed by atoms with van der Waals surface area (Å²) < 4.78 is 0.903. The van der Waals surface area contributed by atoms with Crippen molar-refractivity contribution in [3.8, 4) is 0 Å². The summed E-state index contributed by atoms with van der Waals surface area (Å²) in [4.78, 5) is 26.0.